The lowest BCUT2D eigenvalue weighted by Gasteiger charge is -2.14. The van der Waals surface area contributed by atoms with Gasteiger partial charge in [0.2, 0.25) is 0 Å². The molecule has 0 spiro atoms. The maximum absolute atomic E-state index is 12.7. The van der Waals surface area contributed by atoms with Crippen molar-refractivity contribution in [2.75, 3.05) is 11.3 Å². The Bertz CT molecular complexity index is 1310. The van der Waals surface area contributed by atoms with Crippen molar-refractivity contribution in [3.05, 3.63) is 101 Å². The van der Waals surface area contributed by atoms with E-state index >= 15 is 0 Å². The summed E-state index contributed by atoms with van der Waals surface area (Å²) in [4.78, 5) is 11.2. The van der Waals surface area contributed by atoms with Gasteiger partial charge >= 0.3 is 5.97 Å². The highest BCUT2D eigenvalue weighted by Gasteiger charge is 2.18. The van der Waals surface area contributed by atoms with E-state index in [1.165, 1.54) is 12.1 Å². The molecule has 0 bridgehead atoms. The van der Waals surface area contributed by atoms with Crippen LogP contribution in [-0.2, 0) is 16.6 Å². The molecule has 1 aliphatic heterocycles. The summed E-state index contributed by atoms with van der Waals surface area (Å²) >= 11 is 0. The molecule has 4 rings (SSSR count). The van der Waals surface area contributed by atoms with E-state index in [-0.39, 0.29) is 10.5 Å². The number of sulfonamides is 1. The van der Waals surface area contributed by atoms with Crippen LogP contribution in [0.3, 0.4) is 0 Å². The monoisotopic (exact) mass is 480 g/mol. The van der Waals surface area contributed by atoms with Gasteiger partial charge in [0.25, 0.3) is 10.0 Å². The van der Waals surface area contributed by atoms with Crippen LogP contribution in [0, 0.1) is 6.92 Å². The number of rotatable bonds is 9. The topological polar surface area (TPSA) is 120 Å². The minimum Gasteiger partial charge on any atom is -0.487 e. The highest BCUT2D eigenvalue weighted by atomic mass is 32.2. The second-order valence-corrected chi connectivity index (χ2v) is 9.39. The van der Waals surface area contributed by atoms with Gasteiger partial charge in [-0.15, -0.1) is 5.53 Å². The van der Waals surface area contributed by atoms with Crippen molar-refractivity contribution in [1.29, 1.82) is 0 Å². The van der Waals surface area contributed by atoms with E-state index in [2.05, 4.69) is 15.7 Å². The Labute approximate surface area is 197 Å². The van der Waals surface area contributed by atoms with Crippen molar-refractivity contribution in [3.63, 3.8) is 0 Å². The average molecular weight is 481 g/mol. The maximum Gasteiger partial charge on any atom is 0.335 e. The summed E-state index contributed by atoms with van der Waals surface area (Å²) in [7, 11) is -3.94. The molecule has 0 unspecified atom stereocenters. The van der Waals surface area contributed by atoms with E-state index in [1.54, 1.807) is 31.2 Å². The number of anilines is 1. The van der Waals surface area contributed by atoms with Crippen LogP contribution in [0.5, 0.6) is 5.75 Å². The zero-order chi connectivity index (χ0) is 24.1. The van der Waals surface area contributed by atoms with Crippen molar-refractivity contribution >= 4 is 21.7 Å². The molecule has 34 heavy (non-hydrogen) atoms. The molecule has 0 fully saturated rings. The first kappa shape index (κ1) is 23.1. The molecular weight excluding hydrogens is 456 g/mol. The van der Waals surface area contributed by atoms with E-state index in [1.807, 2.05) is 41.5 Å². The minimum atomic E-state index is -3.94. The van der Waals surface area contributed by atoms with Crippen molar-refractivity contribution < 1.29 is 23.1 Å². The SMILES string of the molecule is Cc1ccc(S(=O)(=O)Nc2ccc(OCC3=CN(Cc4ccccc4)NN3)cc2)cc1C(=O)O. The molecule has 4 N–H and O–H groups in total. The van der Waals surface area contributed by atoms with Crippen LogP contribution >= 0.6 is 0 Å². The Morgan fingerprint density at radius 3 is 2.50 bits per heavy atom. The van der Waals surface area contributed by atoms with Crippen LogP contribution in [0.2, 0.25) is 0 Å². The number of carbonyl (C=O) groups is 1. The summed E-state index contributed by atoms with van der Waals surface area (Å²) in [6, 6.07) is 20.5. The van der Waals surface area contributed by atoms with Gasteiger partial charge in [-0.3, -0.25) is 9.73 Å². The number of aryl methyl sites for hydroxylation is 1. The number of nitrogens with one attached hydrogen (secondary N) is 3. The third-order valence-corrected chi connectivity index (χ3v) is 6.50. The molecule has 0 radical (unpaired) electrons. The minimum absolute atomic E-state index is 0.0572. The van der Waals surface area contributed by atoms with Gasteiger partial charge in [0.15, 0.2) is 0 Å². The molecule has 1 aliphatic rings. The van der Waals surface area contributed by atoms with Crippen molar-refractivity contribution in [2.24, 2.45) is 0 Å². The lowest BCUT2D eigenvalue weighted by atomic mass is 10.1. The van der Waals surface area contributed by atoms with Gasteiger partial charge in [-0.05, 0) is 54.4 Å². The van der Waals surface area contributed by atoms with Crippen molar-refractivity contribution in [2.45, 2.75) is 18.4 Å². The van der Waals surface area contributed by atoms with Crippen LogP contribution in [0.15, 0.2) is 89.6 Å². The van der Waals surface area contributed by atoms with E-state index < -0.39 is 16.0 Å². The third-order valence-electron chi connectivity index (χ3n) is 5.12. The number of benzene rings is 3. The number of carboxylic acid groups (broad SMARTS) is 1. The zero-order valence-corrected chi connectivity index (χ0v) is 19.2. The summed E-state index contributed by atoms with van der Waals surface area (Å²) in [5.74, 6) is -0.614. The molecule has 0 aromatic heterocycles. The Balaban J connectivity index is 1.34. The first-order valence-electron chi connectivity index (χ1n) is 10.4. The molecule has 1 heterocycles. The molecule has 0 amide bonds. The maximum atomic E-state index is 12.7. The van der Waals surface area contributed by atoms with Crippen LogP contribution in [0.25, 0.3) is 0 Å². The van der Waals surface area contributed by atoms with Crippen LogP contribution < -0.4 is 20.4 Å². The van der Waals surface area contributed by atoms with E-state index in [0.717, 1.165) is 17.3 Å². The predicted octanol–water partition coefficient (Wildman–Crippen LogP) is 3.24. The number of carboxylic acids is 1. The molecule has 176 valence electrons. The largest absolute Gasteiger partial charge is 0.487 e. The lowest BCUT2D eigenvalue weighted by molar-refractivity contribution is 0.0696. The van der Waals surface area contributed by atoms with Crippen molar-refractivity contribution in [1.82, 2.24) is 16.0 Å². The fourth-order valence-electron chi connectivity index (χ4n) is 3.33. The number of hydrazine groups is 2. The fourth-order valence-corrected chi connectivity index (χ4v) is 4.41. The highest BCUT2D eigenvalue weighted by Crippen LogP contribution is 2.22. The van der Waals surface area contributed by atoms with Gasteiger partial charge < -0.3 is 15.3 Å². The van der Waals surface area contributed by atoms with Gasteiger partial charge in [-0.2, -0.15) is 0 Å². The number of ether oxygens (including phenoxy) is 1. The Morgan fingerprint density at radius 1 is 1.06 bits per heavy atom. The van der Waals surface area contributed by atoms with Gasteiger partial charge in [-0.25, -0.2) is 13.2 Å². The van der Waals surface area contributed by atoms with Crippen LogP contribution in [0.4, 0.5) is 5.69 Å². The lowest BCUT2D eigenvalue weighted by Crippen LogP contribution is -2.36. The number of hydrogen-bond donors (Lipinski definition) is 4. The summed E-state index contributed by atoms with van der Waals surface area (Å²) < 4.78 is 33.6. The first-order chi connectivity index (χ1) is 16.3. The summed E-state index contributed by atoms with van der Waals surface area (Å²) in [6.45, 7) is 2.60. The van der Waals surface area contributed by atoms with E-state index in [4.69, 9.17) is 4.74 Å². The number of nitrogens with zero attached hydrogens (tertiary/aromatic N) is 1. The summed E-state index contributed by atoms with van der Waals surface area (Å²) in [5, 5.41) is 11.2. The average Bonchev–Trinajstić information content (AvgIpc) is 3.26. The quantitative estimate of drug-likeness (QED) is 0.369. The first-order valence-corrected chi connectivity index (χ1v) is 11.9. The zero-order valence-electron chi connectivity index (χ0n) is 18.4. The molecule has 3 aromatic carbocycles. The summed E-state index contributed by atoms with van der Waals surface area (Å²) in [5.41, 5.74) is 8.87. The van der Waals surface area contributed by atoms with Gasteiger partial charge in [-0.1, -0.05) is 36.4 Å². The van der Waals surface area contributed by atoms with Crippen LogP contribution in [-0.4, -0.2) is 31.1 Å². The predicted molar refractivity (Wildman–Crippen MR) is 127 cm³/mol. The standard InChI is InChI=1S/C24H24N4O5S/c1-17-7-12-22(13-23(17)24(29)30)34(31,32)26-19-8-10-21(11-9-19)33-16-20-15-28(27-25-20)14-18-5-3-2-4-6-18/h2-13,15,25-27H,14,16H2,1H3,(H,29,30). The molecule has 0 atom stereocenters. The molecule has 9 nitrogen and oxygen atoms in total. The highest BCUT2D eigenvalue weighted by molar-refractivity contribution is 7.92. The Morgan fingerprint density at radius 2 is 1.79 bits per heavy atom. The Hall–Kier alpha value is -4.02. The second kappa shape index (κ2) is 9.86. The number of aromatic carboxylic acids is 1. The van der Waals surface area contributed by atoms with Gasteiger partial charge in [0, 0.05) is 11.9 Å². The number of hydrogen-bond acceptors (Lipinski definition) is 7. The fraction of sp³-hybridized carbons (Fsp3) is 0.125. The van der Waals surface area contributed by atoms with E-state index in [9.17, 15) is 18.3 Å². The van der Waals surface area contributed by atoms with Gasteiger partial charge in [0.05, 0.1) is 22.7 Å². The normalized spacial score (nSPS) is 13.2. The van der Waals surface area contributed by atoms with E-state index in [0.29, 0.717) is 30.2 Å². The molecule has 0 saturated carbocycles. The van der Waals surface area contributed by atoms with Crippen LogP contribution in [0.1, 0.15) is 21.5 Å². The van der Waals surface area contributed by atoms with Crippen molar-refractivity contribution in [3.8, 4) is 5.75 Å². The Kier molecular flexibility index (Phi) is 6.71. The second-order valence-electron chi connectivity index (χ2n) is 7.71. The molecule has 0 saturated heterocycles. The molecule has 10 heteroatoms. The summed E-state index contributed by atoms with van der Waals surface area (Å²) in [6.07, 6.45) is 1.92. The molecule has 0 aliphatic carbocycles. The smallest absolute Gasteiger partial charge is 0.335 e. The molecular formula is C24H24N4O5S. The molecule has 3 aromatic rings. The third kappa shape index (κ3) is 5.66. The van der Waals surface area contributed by atoms with Gasteiger partial charge in [0.1, 0.15) is 12.4 Å².